The largest absolute Gasteiger partial charge is 0.872 e. The summed E-state index contributed by atoms with van der Waals surface area (Å²) in [7, 11) is 0. The fourth-order valence-electron chi connectivity index (χ4n) is 1.91. The Balaban J connectivity index is 3.76. The fourth-order valence-corrected chi connectivity index (χ4v) is 2.56. The number of benzene rings is 1. The van der Waals surface area contributed by atoms with Gasteiger partial charge in [-0.25, -0.2) is 4.39 Å². The quantitative estimate of drug-likeness (QED) is 0.291. The molecule has 0 aromatic heterocycles. The van der Waals surface area contributed by atoms with Gasteiger partial charge in [-0.15, -0.1) is 0 Å². The molecule has 0 atom stereocenters. The molecule has 0 saturated heterocycles. The first kappa shape index (κ1) is 26.0. The minimum atomic E-state index is -6.94. The van der Waals surface area contributed by atoms with Crippen molar-refractivity contribution >= 4 is 27.5 Å². The molecule has 0 aliphatic heterocycles. The van der Waals surface area contributed by atoms with Crippen LogP contribution in [0.2, 0.25) is 0 Å². The van der Waals surface area contributed by atoms with Gasteiger partial charge in [0.25, 0.3) is 0 Å². The van der Waals surface area contributed by atoms with Gasteiger partial charge in [0, 0.05) is 4.47 Å². The van der Waals surface area contributed by atoms with E-state index < -0.39 is 75.2 Å². The van der Waals surface area contributed by atoms with Crippen LogP contribution in [-0.4, -0.2) is 23.8 Å². The summed E-state index contributed by atoms with van der Waals surface area (Å²) in [5.41, 5.74) is -12.8. The number of halogens is 14. The molecular formula is C14H3BrF13O2-. The van der Waals surface area contributed by atoms with Crippen LogP contribution in [0.1, 0.15) is 16.7 Å². The first-order valence-corrected chi connectivity index (χ1v) is 7.58. The molecule has 0 bridgehead atoms. The minimum Gasteiger partial charge on any atom is -0.872 e. The first-order chi connectivity index (χ1) is 13.0. The first-order valence-electron chi connectivity index (χ1n) is 6.79. The summed E-state index contributed by atoms with van der Waals surface area (Å²) in [6, 6.07) is -0.875. The van der Waals surface area contributed by atoms with Crippen LogP contribution in [0.5, 0.6) is 0 Å². The average molecular weight is 530 g/mol. The Hall–Kier alpha value is -2.00. The van der Waals surface area contributed by atoms with Crippen LogP contribution < -0.4 is 5.11 Å². The predicted octanol–water partition coefficient (Wildman–Crippen LogP) is 5.59. The highest BCUT2D eigenvalue weighted by atomic mass is 79.9. The molecule has 0 amide bonds. The molecular weight excluding hydrogens is 527 g/mol. The molecule has 30 heavy (non-hydrogen) atoms. The third kappa shape index (κ3) is 4.83. The second-order valence-electron chi connectivity index (χ2n) is 5.41. The molecule has 0 heterocycles. The average Bonchev–Trinajstić information content (AvgIpc) is 2.49. The third-order valence-electron chi connectivity index (χ3n) is 3.35. The van der Waals surface area contributed by atoms with Crippen LogP contribution in [0.4, 0.5) is 57.1 Å². The molecule has 0 unspecified atom stereocenters. The Morgan fingerprint density at radius 2 is 1.23 bits per heavy atom. The summed E-state index contributed by atoms with van der Waals surface area (Å²) < 4.78 is 164. The number of carbonyl (C=O) groups excluding carboxylic acids is 1. The maximum absolute atomic E-state index is 13.6. The Kier molecular flexibility index (Phi) is 6.60. The molecule has 170 valence electrons. The summed E-state index contributed by atoms with van der Waals surface area (Å²) in [5, 5.41) is 11.8. The van der Waals surface area contributed by atoms with E-state index >= 15 is 0 Å². The monoisotopic (exact) mass is 529 g/mol. The molecule has 1 rings (SSSR count). The van der Waals surface area contributed by atoms with Crippen molar-refractivity contribution in [2.75, 3.05) is 0 Å². The van der Waals surface area contributed by atoms with E-state index in [0.717, 1.165) is 0 Å². The zero-order chi connectivity index (χ0) is 24.1. The van der Waals surface area contributed by atoms with E-state index in [1.807, 2.05) is 0 Å². The molecule has 2 nitrogen and oxygen atoms in total. The van der Waals surface area contributed by atoms with Crippen LogP contribution in [-0.2, 0) is 17.1 Å². The number of allylic oxidation sites excluding steroid dienone is 1. The predicted molar refractivity (Wildman–Crippen MR) is 73.1 cm³/mol. The normalized spacial score (nSPS) is 14.8. The third-order valence-corrected chi connectivity index (χ3v) is 4.21. The SMILES string of the molecule is O=C(/C=C(\[O-])c1cc(C(F)(F)F)cc(C(F)(F)F)c1Br)C(F)(C(F)(F)F)C(F)(F)F. The number of alkyl halides is 13. The zero-order valence-corrected chi connectivity index (χ0v) is 14.9. The van der Waals surface area contributed by atoms with E-state index in [-0.39, 0.29) is 6.07 Å². The summed E-state index contributed by atoms with van der Waals surface area (Å²) in [4.78, 5) is 11.3. The maximum Gasteiger partial charge on any atom is 0.439 e. The second kappa shape index (κ2) is 7.60. The van der Waals surface area contributed by atoms with Gasteiger partial charge in [0.1, 0.15) is 0 Å². The van der Waals surface area contributed by atoms with E-state index in [9.17, 15) is 67.0 Å². The highest BCUT2D eigenvalue weighted by molar-refractivity contribution is 9.10. The van der Waals surface area contributed by atoms with Crippen LogP contribution in [0.15, 0.2) is 22.7 Å². The fraction of sp³-hybridized carbons (Fsp3) is 0.357. The molecule has 1 aromatic carbocycles. The maximum atomic E-state index is 13.6. The molecule has 0 radical (unpaired) electrons. The van der Waals surface area contributed by atoms with Crippen LogP contribution in [0, 0.1) is 0 Å². The Morgan fingerprint density at radius 3 is 1.57 bits per heavy atom. The van der Waals surface area contributed by atoms with Gasteiger partial charge in [0.05, 0.1) is 11.1 Å². The Labute approximate surface area is 165 Å². The lowest BCUT2D eigenvalue weighted by molar-refractivity contribution is -0.323. The number of rotatable bonds is 3. The summed E-state index contributed by atoms with van der Waals surface area (Å²) in [6.07, 6.45) is -26.2. The van der Waals surface area contributed by atoms with Crippen molar-refractivity contribution in [1.82, 2.24) is 0 Å². The van der Waals surface area contributed by atoms with Crippen molar-refractivity contribution in [3.8, 4) is 0 Å². The van der Waals surface area contributed by atoms with Crippen LogP contribution >= 0.6 is 15.9 Å². The van der Waals surface area contributed by atoms with Crippen LogP contribution in [0.3, 0.4) is 0 Å². The Bertz CT molecular complexity index is 845. The highest BCUT2D eigenvalue weighted by Crippen LogP contribution is 2.48. The van der Waals surface area contributed by atoms with Gasteiger partial charge in [-0.1, -0.05) is 5.76 Å². The lowest BCUT2D eigenvalue weighted by Gasteiger charge is -2.28. The van der Waals surface area contributed by atoms with E-state index in [0.29, 0.717) is 0 Å². The zero-order valence-electron chi connectivity index (χ0n) is 13.3. The van der Waals surface area contributed by atoms with Gasteiger partial charge in [-0.2, -0.15) is 52.7 Å². The topological polar surface area (TPSA) is 40.1 Å². The smallest absolute Gasteiger partial charge is 0.439 e. The van der Waals surface area contributed by atoms with Crippen molar-refractivity contribution in [2.45, 2.75) is 30.4 Å². The van der Waals surface area contributed by atoms with Gasteiger partial charge < -0.3 is 5.11 Å². The van der Waals surface area contributed by atoms with Gasteiger partial charge in [-0.05, 0) is 39.7 Å². The second-order valence-corrected chi connectivity index (χ2v) is 6.20. The van der Waals surface area contributed by atoms with Crippen molar-refractivity contribution in [3.63, 3.8) is 0 Å². The molecule has 0 N–H and O–H groups in total. The van der Waals surface area contributed by atoms with E-state index in [1.165, 1.54) is 0 Å². The summed E-state index contributed by atoms with van der Waals surface area (Å²) in [6.45, 7) is 0. The lowest BCUT2D eigenvalue weighted by atomic mass is 9.96. The van der Waals surface area contributed by atoms with Gasteiger partial charge >= 0.3 is 30.4 Å². The molecule has 0 aliphatic carbocycles. The molecule has 0 spiro atoms. The molecule has 1 aromatic rings. The van der Waals surface area contributed by atoms with E-state index in [4.69, 9.17) is 0 Å². The Morgan fingerprint density at radius 1 is 0.800 bits per heavy atom. The van der Waals surface area contributed by atoms with Crippen molar-refractivity contribution < 1.29 is 67.0 Å². The number of carbonyl (C=O) groups is 1. The van der Waals surface area contributed by atoms with Crippen LogP contribution in [0.25, 0.3) is 5.76 Å². The highest BCUT2D eigenvalue weighted by Gasteiger charge is 2.76. The summed E-state index contributed by atoms with van der Waals surface area (Å²) in [5.74, 6) is -6.07. The van der Waals surface area contributed by atoms with Gasteiger partial charge in [-0.3, -0.25) is 4.79 Å². The summed E-state index contributed by atoms with van der Waals surface area (Å²) >= 11 is 2.06. The van der Waals surface area contributed by atoms with Gasteiger partial charge in [0.2, 0.25) is 5.78 Å². The molecule has 0 fully saturated rings. The minimum absolute atomic E-state index is 0.369. The van der Waals surface area contributed by atoms with E-state index in [1.54, 1.807) is 0 Å². The van der Waals surface area contributed by atoms with Crippen molar-refractivity contribution in [1.29, 1.82) is 0 Å². The number of ketones is 1. The molecule has 0 aliphatic rings. The van der Waals surface area contributed by atoms with Gasteiger partial charge in [0.15, 0.2) is 0 Å². The van der Waals surface area contributed by atoms with Crippen molar-refractivity contribution in [2.24, 2.45) is 0 Å². The molecule has 0 saturated carbocycles. The van der Waals surface area contributed by atoms with Crippen molar-refractivity contribution in [3.05, 3.63) is 39.4 Å². The lowest BCUT2D eigenvalue weighted by Crippen LogP contribution is -2.58. The number of hydrogen-bond donors (Lipinski definition) is 0. The molecule has 16 heteroatoms. The standard InChI is InChI=1S/C14H4BrF13O2/c15-9-5(1-4(11(17,18)19)2-6(9)12(20,21)22)7(29)3-8(30)10(16,13(23,24)25)14(26,27)28/h1-3,29H/p-1/b7-3-. The van der Waals surface area contributed by atoms with E-state index in [2.05, 4.69) is 15.9 Å². The number of hydrogen-bond acceptors (Lipinski definition) is 2.